The highest BCUT2D eigenvalue weighted by molar-refractivity contribution is 5.80. The van der Waals surface area contributed by atoms with Gasteiger partial charge >= 0.3 is 5.97 Å². The van der Waals surface area contributed by atoms with Crippen molar-refractivity contribution in [3.05, 3.63) is 17.5 Å². The predicted octanol–water partition coefficient (Wildman–Crippen LogP) is 0.618. The van der Waals surface area contributed by atoms with Crippen molar-refractivity contribution in [1.82, 2.24) is 20.4 Å². The largest absolute Gasteiger partial charge is 0.469 e. The predicted molar refractivity (Wildman–Crippen MR) is 82.3 cm³/mol. The average molecular weight is 295 g/mol. The molecule has 0 amide bonds. The number of carbonyl (C=O) groups excluding carboxylic acids is 1. The number of nitrogens with one attached hydrogen (secondary N) is 2. The Kier molecular flexibility index (Phi) is 7.28. The van der Waals surface area contributed by atoms with Crippen LogP contribution in [0.5, 0.6) is 0 Å². The van der Waals surface area contributed by atoms with Gasteiger partial charge in [-0.2, -0.15) is 5.10 Å². The fourth-order valence-electron chi connectivity index (χ4n) is 1.94. The van der Waals surface area contributed by atoms with Gasteiger partial charge in [0.2, 0.25) is 0 Å². The molecule has 1 aromatic heterocycles. The zero-order valence-electron chi connectivity index (χ0n) is 13.3. The van der Waals surface area contributed by atoms with Crippen molar-refractivity contribution in [2.24, 2.45) is 4.99 Å². The van der Waals surface area contributed by atoms with Crippen molar-refractivity contribution in [2.75, 3.05) is 27.2 Å². The highest BCUT2D eigenvalue weighted by atomic mass is 16.5. The summed E-state index contributed by atoms with van der Waals surface area (Å²) >= 11 is 0. The normalized spacial score (nSPS) is 11.3. The molecular formula is C14H25N5O2. The number of ether oxygens (including phenoxy) is 1. The van der Waals surface area contributed by atoms with Gasteiger partial charge in [-0.05, 0) is 26.3 Å². The monoisotopic (exact) mass is 295 g/mol. The Morgan fingerprint density at radius 2 is 2.10 bits per heavy atom. The van der Waals surface area contributed by atoms with Gasteiger partial charge in [0.1, 0.15) is 0 Å². The van der Waals surface area contributed by atoms with E-state index in [1.807, 2.05) is 11.6 Å². The highest BCUT2D eigenvalue weighted by Gasteiger charge is 2.03. The first-order valence-corrected chi connectivity index (χ1v) is 7.09. The van der Waals surface area contributed by atoms with E-state index in [9.17, 15) is 4.79 Å². The van der Waals surface area contributed by atoms with E-state index in [1.54, 1.807) is 7.05 Å². The summed E-state index contributed by atoms with van der Waals surface area (Å²) in [5, 5.41) is 10.7. The van der Waals surface area contributed by atoms with Gasteiger partial charge in [0, 0.05) is 32.4 Å². The molecule has 0 unspecified atom stereocenters. The summed E-state index contributed by atoms with van der Waals surface area (Å²) in [7, 11) is 3.09. The van der Waals surface area contributed by atoms with E-state index in [-0.39, 0.29) is 5.97 Å². The molecule has 0 spiro atoms. The molecule has 0 aromatic carbocycles. The summed E-state index contributed by atoms with van der Waals surface area (Å²) in [5.74, 6) is 0.453. The second-order valence-corrected chi connectivity index (χ2v) is 4.76. The fourth-order valence-corrected chi connectivity index (χ4v) is 1.94. The zero-order chi connectivity index (χ0) is 15.7. The fraction of sp³-hybridized carbons (Fsp3) is 0.643. The lowest BCUT2D eigenvalue weighted by Crippen LogP contribution is -2.39. The molecule has 0 atom stereocenters. The molecular weight excluding hydrogens is 270 g/mol. The Balaban J connectivity index is 2.20. The van der Waals surface area contributed by atoms with Gasteiger partial charge in [-0.3, -0.25) is 14.5 Å². The Morgan fingerprint density at radius 3 is 2.67 bits per heavy atom. The summed E-state index contributed by atoms with van der Waals surface area (Å²) in [6.45, 7) is 6.21. The van der Waals surface area contributed by atoms with E-state index < -0.39 is 0 Å². The number of nitrogens with zero attached hydrogens (tertiary/aromatic N) is 3. The maximum absolute atomic E-state index is 11.0. The molecule has 1 aromatic rings. The number of hydrogen-bond donors (Lipinski definition) is 2. The molecule has 2 N–H and O–H groups in total. The Bertz CT molecular complexity index is 482. The van der Waals surface area contributed by atoms with E-state index in [2.05, 4.69) is 38.5 Å². The van der Waals surface area contributed by atoms with Crippen molar-refractivity contribution in [3.63, 3.8) is 0 Å². The second-order valence-electron chi connectivity index (χ2n) is 4.76. The quantitative estimate of drug-likeness (QED) is 0.333. The number of aryl methyl sites for hydroxylation is 3. The van der Waals surface area contributed by atoms with Crippen LogP contribution in [-0.4, -0.2) is 49.0 Å². The summed E-state index contributed by atoms with van der Waals surface area (Å²) in [6.07, 6.45) is 1.27. The van der Waals surface area contributed by atoms with Gasteiger partial charge in [-0.15, -0.1) is 0 Å². The van der Waals surface area contributed by atoms with Crippen molar-refractivity contribution in [2.45, 2.75) is 33.2 Å². The van der Waals surface area contributed by atoms with E-state index in [0.717, 1.165) is 25.2 Å². The number of guanidine groups is 1. The van der Waals surface area contributed by atoms with Gasteiger partial charge in [0.15, 0.2) is 5.96 Å². The number of methoxy groups -OCH3 is 1. The summed E-state index contributed by atoms with van der Waals surface area (Å²) in [4.78, 5) is 15.1. The zero-order valence-corrected chi connectivity index (χ0v) is 13.3. The topological polar surface area (TPSA) is 80.5 Å². The van der Waals surface area contributed by atoms with Crippen molar-refractivity contribution < 1.29 is 9.53 Å². The van der Waals surface area contributed by atoms with E-state index >= 15 is 0 Å². The maximum Gasteiger partial charge on any atom is 0.307 e. The third-order valence-corrected chi connectivity index (χ3v) is 3.02. The van der Waals surface area contributed by atoms with Gasteiger partial charge in [-0.25, -0.2) is 0 Å². The molecule has 0 saturated heterocycles. The first kappa shape index (κ1) is 17.0. The minimum absolute atomic E-state index is 0.234. The van der Waals surface area contributed by atoms with Crippen LogP contribution < -0.4 is 10.6 Å². The molecule has 0 radical (unpaired) electrons. The molecule has 1 heterocycles. The summed E-state index contributed by atoms with van der Waals surface area (Å²) in [6, 6.07) is 2.07. The van der Waals surface area contributed by atoms with Gasteiger partial charge < -0.3 is 15.4 Å². The Morgan fingerprint density at radius 1 is 1.38 bits per heavy atom. The lowest BCUT2D eigenvalue weighted by Gasteiger charge is -2.11. The number of aliphatic imine (C=N–C) groups is 1. The van der Waals surface area contributed by atoms with Crippen molar-refractivity contribution in [3.8, 4) is 0 Å². The second kappa shape index (κ2) is 8.99. The number of aromatic nitrogens is 2. The minimum atomic E-state index is -0.234. The molecule has 7 heteroatoms. The molecule has 118 valence electrons. The minimum Gasteiger partial charge on any atom is -0.469 e. The molecule has 21 heavy (non-hydrogen) atoms. The lowest BCUT2D eigenvalue weighted by atomic mass is 10.4. The highest BCUT2D eigenvalue weighted by Crippen LogP contribution is 2.02. The lowest BCUT2D eigenvalue weighted by molar-refractivity contribution is -0.140. The third-order valence-electron chi connectivity index (χ3n) is 3.02. The van der Waals surface area contributed by atoms with E-state index in [4.69, 9.17) is 0 Å². The first-order valence-electron chi connectivity index (χ1n) is 7.09. The first-order chi connectivity index (χ1) is 10.1. The Hall–Kier alpha value is -2.05. The standard InChI is InChI=1S/C14H25N5O2/c1-11-10-12(2)19(18-11)9-5-7-16-14(15-3)17-8-6-13(20)21-4/h10H,5-9H2,1-4H3,(H2,15,16,17). The van der Waals surface area contributed by atoms with Crippen LogP contribution in [0.3, 0.4) is 0 Å². The number of hydrogen-bond acceptors (Lipinski definition) is 4. The van der Waals surface area contributed by atoms with Gasteiger partial charge in [0.25, 0.3) is 0 Å². The van der Waals surface area contributed by atoms with Gasteiger partial charge in [0.05, 0.1) is 19.2 Å². The van der Waals surface area contributed by atoms with Crippen LogP contribution in [-0.2, 0) is 16.1 Å². The molecule has 0 bridgehead atoms. The molecule has 0 aliphatic rings. The van der Waals surface area contributed by atoms with Gasteiger partial charge in [-0.1, -0.05) is 0 Å². The smallest absolute Gasteiger partial charge is 0.307 e. The van der Waals surface area contributed by atoms with Crippen LogP contribution in [0, 0.1) is 13.8 Å². The molecule has 0 aliphatic heterocycles. The number of esters is 1. The molecule has 0 aliphatic carbocycles. The van der Waals surface area contributed by atoms with Crippen LogP contribution in [0.1, 0.15) is 24.2 Å². The molecule has 1 rings (SSSR count). The van der Waals surface area contributed by atoms with Crippen LogP contribution in [0.25, 0.3) is 0 Å². The van der Waals surface area contributed by atoms with Crippen molar-refractivity contribution >= 4 is 11.9 Å². The summed E-state index contributed by atoms with van der Waals surface area (Å²) in [5.41, 5.74) is 2.22. The molecule has 0 fully saturated rings. The van der Waals surface area contributed by atoms with Crippen LogP contribution in [0.4, 0.5) is 0 Å². The molecule has 0 saturated carbocycles. The summed E-state index contributed by atoms with van der Waals surface area (Å²) < 4.78 is 6.58. The van der Waals surface area contributed by atoms with Crippen LogP contribution >= 0.6 is 0 Å². The van der Waals surface area contributed by atoms with E-state index in [1.165, 1.54) is 12.8 Å². The molecule has 7 nitrogen and oxygen atoms in total. The van der Waals surface area contributed by atoms with E-state index in [0.29, 0.717) is 18.9 Å². The third kappa shape index (κ3) is 6.29. The number of carbonyl (C=O) groups is 1. The van der Waals surface area contributed by atoms with Crippen LogP contribution in [0.2, 0.25) is 0 Å². The number of rotatable bonds is 7. The SMILES string of the molecule is CN=C(NCCCn1nc(C)cc1C)NCCC(=O)OC. The Labute approximate surface area is 125 Å². The maximum atomic E-state index is 11.0. The van der Waals surface area contributed by atoms with Crippen LogP contribution in [0.15, 0.2) is 11.1 Å². The van der Waals surface area contributed by atoms with Crippen molar-refractivity contribution in [1.29, 1.82) is 0 Å². The average Bonchev–Trinajstić information content (AvgIpc) is 2.79.